The Morgan fingerprint density at radius 1 is 1.32 bits per heavy atom. The zero-order valence-corrected chi connectivity index (χ0v) is 11.1. The number of nitrogens with two attached hydrogens (primary N) is 1. The first-order valence-electron chi connectivity index (χ1n) is 5.41. The molecule has 0 aliphatic heterocycles. The molecule has 0 saturated heterocycles. The van der Waals surface area contributed by atoms with E-state index in [0.717, 1.165) is 4.88 Å². The van der Waals surface area contributed by atoms with Crippen LogP contribution in [0, 0.1) is 5.82 Å². The van der Waals surface area contributed by atoms with Crippen molar-refractivity contribution in [1.29, 1.82) is 0 Å². The monoisotopic (exact) mass is 294 g/mol. The minimum Gasteiger partial charge on any atom is -0.380 e. The Kier molecular flexibility index (Phi) is 3.00. The molecule has 0 saturated carbocycles. The maximum absolute atomic E-state index is 13.1. The van der Waals surface area contributed by atoms with Gasteiger partial charge in [0.15, 0.2) is 11.6 Å². The third-order valence-corrected chi connectivity index (χ3v) is 3.86. The Bertz CT molecular complexity index is 724. The van der Waals surface area contributed by atoms with Crippen molar-refractivity contribution in [3.8, 4) is 21.8 Å². The van der Waals surface area contributed by atoms with E-state index in [-0.39, 0.29) is 10.8 Å². The molecule has 0 spiro atoms. The molecular weight excluding hydrogens is 287 g/mol. The van der Waals surface area contributed by atoms with E-state index in [1.165, 1.54) is 23.5 Å². The molecule has 0 radical (unpaired) electrons. The molecule has 3 aromatic rings. The molecule has 19 heavy (non-hydrogen) atoms. The Hall–Kier alpha value is -1.85. The van der Waals surface area contributed by atoms with Gasteiger partial charge < -0.3 is 10.3 Å². The molecule has 3 nitrogen and oxygen atoms in total. The molecule has 0 atom stereocenters. The van der Waals surface area contributed by atoms with E-state index in [1.807, 2.05) is 17.5 Å². The summed E-state index contributed by atoms with van der Waals surface area (Å²) in [7, 11) is 0. The molecule has 0 aliphatic rings. The number of hydrogen-bond acceptors (Lipinski definition) is 4. The van der Waals surface area contributed by atoms with Crippen molar-refractivity contribution in [3.63, 3.8) is 0 Å². The fourth-order valence-corrected chi connectivity index (χ4v) is 2.85. The van der Waals surface area contributed by atoms with E-state index in [1.54, 1.807) is 6.07 Å². The van der Waals surface area contributed by atoms with Crippen LogP contribution in [-0.2, 0) is 0 Å². The van der Waals surface area contributed by atoms with Gasteiger partial charge in [-0.15, -0.1) is 11.3 Å². The second kappa shape index (κ2) is 4.68. The number of nitrogen functional groups attached to an aromatic ring is 1. The van der Waals surface area contributed by atoms with Gasteiger partial charge in [-0.3, -0.25) is 0 Å². The molecule has 0 unspecified atom stereocenters. The van der Waals surface area contributed by atoms with Gasteiger partial charge in [0.25, 0.3) is 0 Å². The van der Waals surface area contributed by atoms with Crippen LogP contribution in [0.3, 0.4) is 0 Å². The van der Waals surface area contributed by atoms with Crippen LogP contribution in [0.4, 0.5) is 10.2 Å². The van der Waals surface area contributed by atoms with Gasteiger partial charge in [-0.2, -0.15) is 0 Å². The number of nitrogens with zero attached hydrogens (tertiary/aromatic N) is 1. The van der Waals surface area contributed by atoms with Crippen LogP contribution in [0.15, 0.2) is 40.2 Å². The van der Waals surface area contributed by atoms with Crippen molar-refractivity contribution >= 4 is 28.8 Å². The zero-order chi connectivity index (χ0) is 13.4. The summed E-state index contributed by atoms with van der Waals surface area (Å²) >= 11 is 7.56. The van der Waals surface area contributed by atoms with E-state index in [9.17, 15) is 4.39 Å². The molecule has 1 aromatic carbocycles. The molecular formula is C13H8ClFN2OS. The van der Waals surface area contributed by atoms with Crippen molar-refractivity contribution < 1.29 is 8.91 Å². The zero-order valence-electron chi connectivity index (χ0n) is 9.56. The van der Waals surface area contributed by atoms with Gasteiger partial charge in [0.1, 0.15) is 5.82 Å². The van der Waals surface area contributed by atoms with Crippen LogP contribution in [-0.4, -0.2) is 5.16 Å². The number of thiophene rings is 1. The summed E-state index contributed by atoms with van der Waals surface area (Å²) in [4.78, 5) is 0.925. The quantitative estimate of drug-likeness (QED) is 0.760. The summed E-state index contributed by atoms with van der Waals surface area (Å²) in [5.41, 5.74) is 7.08. The topological polar surface area (TPSA) is 52.0 Å². The molecule has 3 rings (SSSR count). The van der Waals surface area contributed by atoms with E-state index in [4.69, 9.17) is 21.9 Å². The molecule has 2 N–H and O–H groups in total. The largest absolute Gasteiger partial charge is 0.380 e. The Balaban J connectivity index is 2.21. The first kappa shape index (κ1) is 12.2. The lowest BCUT2D eigenvalue weighted by atomic mass is 10.1. The number of hydrogen-bond donors (Lipinski definition) is 1. The molecule has 0 aliphatic carbocycles. The number of halogens is 2. The maximum atomic E-state index is 13.1. The van der Waals surface area contributed by atoms with Gasteiger partial charge in [-0.25, -0.2) is 4.39 Å². The highest BCUT2D eigenvalue weighted by Crippen LogP contribution is 2.41. The summed E-state index contributed by atoms with van der Waals surface area (Å²) in [6.45, 7) is 0. The molecule has 0 amide bonds. The summed E-state index contributed by atoms with van der Waals surface area (Å²) < 4.78 is 18.3. The third kappa shape index (κ3) is 2.11. The lowest BCUT2D eigenvalue weighted by Crippen LogP contribution is -1.87. The van der Waals surface area contributed by atoms with E-state index in [0.29, 0.717) is 16.9 Å². The first-order chi connectivity index (χ1) is 9.16. The number of benzene rings is 1. The molecule has 0 fully saturated rings. The Morgan fingerprint density at radius 2 is 2.16 bits per heavy atom. The van der Waals surface area contributed by atoms with Crippen LogP contribution in [0.2, 0.25) is 5.02 Å². The highest BCUT2D eigenvalue weighted by molar-refractivity contribution is 7.13. The van der Waals surface area contributed by atoms with Crippen molar-refractivity contribution in [2.24, 2.45) is 0 Å². The summed E-state index contributed by atoms with van der Waals surface area (Å²) in [5.74, 6) is 0.335. The second-order valence-corrected chi connectivity index (χ2v) is 5.23. The molecule has 6 heteroatoms. The highest BCUT2D eigenvalue weighted by atomic mass is 35.5. The summed E-state index contributed by atoms with van der Waals surface area (Å²) in [5, 5.41) is 5.96. The predicted molar refractivity (Wildman–Crippen MR) is 74.6 cm³/mol. The lowest BCUT2D eigenvalue weighted by molar-refractivity contribution is 0.436. The fraction of sp³-hybridized carbons (Fsp3) is 0. The SMILES string of the molecule is Nc1noc(-c2ccc(F)cc2Cl)c1-c1cccs1. The van der Waals surface area contributed by atoms with E-state index < -0.39 is 5.82 Å². The van der Waals surface area contributed by atoms with Crippen LogP contribution in [0.5, 0.6) is 0 Å². The maximum Gasteiger partial charge on any atom is 0.179 e. The van der Waals surface area contributed by atoms with Gasteiger partial charge >= 0.3 is 0 Å². The molecule has 2 heterocycles. The smallest absolute Gasteiger partial charge is 0.179 e. The predicted octanol–water partition coefficient (Wildman–Crippen LogP) is 4.44. The fourth-order valence-electron chi connectivity index (χ4n) is 1.82. The number of aromatic nitrogens is 1. The Labute approximate surface area is 117 Å². The van der Waals surface area contributed by atoms with Gasteiger partial charge in [0.05, 0.1) is 10.6 Å². The first-order valence-corrected chi connectivity index (χ1v) is 6.67. The van der Waals surface area contributed by atoms with Crippen molar-refractivity contribution in [2.75, 3.05) is 5.73 Å². The van der Waals surface area contributed by atoms with Crippen LogP contribution < -0.4 is 5.73 Å². The van der Waals surface area contributed by atoms with Crippen molar-refractivity contribution in [3.05, 3.63) is 46.6 Å². The van der Waals surface area contributed by atoms with Crippen molar-refractivity contribution in [1.82, 2.24) is 5.16 Å². The molecule has 2 aromatic heterocycles. The van der Waals surface area contributed by atoms with Crippen LogP contribution in [0.25, 0.3) is 21.8 Å². The molecule has 96 valence electrons. The van der Waals surface area contributed by atoms with E-state index >= 15 is 0 Å². The summed E-state index contributed by atoms with van der Waals surface area (Å²) in [6.07, 6.45) is 0. The van der Waals surface area contributed by atoms with Crippen LogP contribution in [0.1, 0.15) is 0 Å². The second-order valence-electron chi connectivity index (χ2n) is 3.87. The molecule has 0 bridgehead atoms. The van der Waals surface area contributed by atoms with E-state index in [2.05, 4.69) is 5.16 Å². The van der Waals surface area contributed by atoms with Crippen LogP contribution >= 0.6 is 22.9 Å². The van der Waals surface area contributed by atoms with Gasteiger partial charge in [-0.1, -0.05) is 22.8 Å². The summed E-state index contributed by atoms with van der Waals surface area (Å²) in [6, 6.07) is 7.91. The normalized spacial score (nSPS) is 10.8. The minimum atomic E-state index is -0.404. The lowest BCUT2D eigenvalue weighted by Gasteiger charge is -2.02. The van der Waals surface area contributed by atoms with Gasteiger partial charge in [0, 0.05) is 10.4 Å². The number of rotatable bonds is 2. The highest BCUT2D eigenvalue weighted by Gasteiger charge is 2.20. The Morgan fingerprint density at radius 3 is 2.84 bits per heavy atom. The number of anilines is 1. The average Bonchev–Trinajstić information content (AvgIpc) is 2.98. The van der Waals surface area contributed by atoms with Gasteiger partial charge in [-0.05, 0) is 29.6 Å². The van der Waals surface area contributed by atoms with Crippen molar-refractivity contribution in [2.45, 2.75) is 0 Å². The standard InChI is InChI=1S/C13H8ClFN2OS/c14-9-6-7(15)3-4-8(9)12-11(13(16)17-18-12)10-2-1-5-19-10/h1-6H,(H2,16,17). The third-order valence-electron chi connectivity index (χ3n) is 2.66. The average molecular weight is 295 g/mol. The van der Waals surface area contributed by atoms with Gasteiger partial charge in [0.2, 0.25) is 0 Å². The minimum absolute atomic E-state index is 0.258.